The van der Waals surface area contributed by atoms with Crippen molar-refractivity contribution in [2.75, 3.05) is 20.2 Å². The molecule has 4 heteroatoms. The average molecular weight is 337 g/mol. The minimum absolute atomic E-state index is 0.0472. The van der Waals surface area contributed by atoms with E-state index in [1.165, 1.54) is 7.11 Å². The third-order valence-electron chi connectivity index (χ3n) is 4.78. The van der Waals surface area contributed by atoms with Gasteiger partial charge in [0.05, 0.1) is 18.9 Å². The van der Waals surface area contributed by atoms with Gasteiger partial charge >= 0.3 is 5.97 Å². The number of piperidine rings is 1. The molecule has 0 bridgehead atoms. The Morgan fingerprint density at radius 1 is 1.00 bits per heavy atom. The van der Waals surface area contributed by atoms with Crippen LogP contribution in [0.25, 0.3) is 0 Å². The highest BCUT2D eigenvalue weighted by Gasteiger charge is 2.33. The standard InChI is InChI=1S/C21H23NO3/c1-25-21(24)18-13-8-14-22(15-18)20(23)19(16-9-4-2-5-10-16)17-11-6-3-7-12-17/h2-7,9-12,18-19H,8,13-15H2,1H3. The zero-order valence-corrected chi connectivity index (χ0v) is 14.4. The van der Waals surface area contributed by atoms with Gasteiger partial charge in [-0.15, -0.1) is 0 Å². The molecular formula is C21H23NO3. The number of carbonyl (C=O) groups is 2. The van der Waals surface area contributed by atoms with E-state index in [4.69, 9.17) is 4.74 Å². The first-order valence-electron chi connectivity index (χ1n) is 8.67. The third kappa shape index (κ3) is 3.90. The summed E-state index contributed by atoms with van der Waals surface area (Å²) >= 11 is 0. The first-order valence-corrected chi connectivity index (χ1v) is 8.67. The molecule has 0 N–H and O–H groups in total. The van der Waals surface area contributed by atoms with Gasteiger partial charge in [0, 0.05) is 13.1 Å². The Labute approximate surface area is 148 Å². The van der Waals surface area contributed by atoms with E-state index >= 15 is 0 Å². The first-order chi connectivity index (χ1) is 12.2. The lowest BCUT2D eigenvalue weighted by Crippen LogP contribution is -2.44. The Hall–Kier alpha value is -2.62. The van der Waals surface area contributed by atoms with Gasteiger partial charge in [0.1, 0.15) is 0 Å². The Balaban J connectivity index is 1.88. The van der Waals surface area contributed by atoms with Crippen molar-refractivity contribution in [1.29, 1.82) is 0 Å². The van der Waals surface area contributed by atoms with Gasteiger partial charge < -0.3 is 9.64 Å². The highest BCUT2D eigenvalue weighted by molar-refractivity contribution is 5.88. The Morgan fingerprint density at radius 3 is 2.08 bits per heavy atom. The fourth-order valence-electron chi connectivity index (χ4n) is 3.49. The number of likely N-dealkylation sites (tertiary alicyclic amines) is 1. The molecule has 0 saturated carbocycles. The van der Waals surface area contributed by atoms with E-state index in [-0.39, 0.29) is 23.7 Å². The summed E-state index contributed by atoms with van der Waals surface area (Å²) in [6.07, 6.45) is 1.60. The van der Waals surface area contributed by atoms with Crippen molar-refractivity contribution in [3.8, 4) is 0 Å². The van der Waals surface area contributed by atoms with Gasteiger partial charge in [-0.2, -0.15) is 0 Å². The SMILES string of the molecule is COC(=O)C1CCCN(C(=O)C(c2ccccc2)c2ccccc2)C1. The van der Waals surface area contributed by atoms with Gasteiger partial charge in [0.15, 0.2) is 0 Å². The van der Waals surface area contributed by atoms with Crippen molar-refractivity contribution in [3.05, 3.63) is 71.8 Å². The molecular weight excluding hydrogens is 314 g/mol. The van der Waals surface area contributed by atoms with E-state index in [9.17, 15) is 9.59 Å². The van der Waals surface area contributed by atoms with Crippen LogP contribution in [0.4, 0.5) is 0 Å². The molecule has 1 fully saturated rings. The number of carbonyl (C=O) groups excluding carboxylic acids is 2. The summed E-state index contributed by atoms with van der Waals surface area (Å²) in [5, 5.41) is 0. The predicted octanol–water partition coefficient (Wildman–Crippen LogP) is 3.23. The van der Waals surface area contributed by atoms with Crippen LogP contribution in [-0.4, -0.2) is 37.0 Å². The van der Waals surface area contributed by atoms with Gasteiger partial charge in [-0.1, -0.05) is 60.7 Å². The molecule has 1 saturated heterocycles. The summed E-state index contributed by atoms with van der Waals surface area (Å²) in [4.78, 5) is 27.0. The largest absolute Gasteiger partial charge is 0.469 e. The molecule has 130 valence electrons. The minimum Gasteiger partial charge on any atom is -0.469 e. The van der Waals surface area contributed by atoms with Crippen molar-refractivity contribution in [3.63, 3.8) is 0 Å². The van der Waals surface area contributed by atoms with E-state index in [0.29, 0.717) is 13.1 Å². The number of rotatable bonds is 4. The molecule has 1 amide bonds. The lowest BCUT2D eigenvalue weighted by Gasteiger charge is -2.34. The van der Waals surface area contributed by atoms with Gasteiger partial charge in [-0.3, -0.25) is 9.59 Å². The van der Waals surface area contributed by atoms with Crippen molar-refractivity contribution in [2.24, 2.45) is 5.92 Å². The van der Waals surface area contributed by atoms with Gasteiger partial charge in [0.25, 0.3) is 0 Å². The zero-order chi connectivity index (χ0) is 17.6. The first kappa shape index (κ1) is 17.2. The van der Waals surface area contributed by atoms with Gasteiger partial charge in [-0.05, 0) is 24.0 Å². The molecule has 0 aromatic heterocycles. The number of hydrogen-bond acceptors (Lipinski definition) is 3. The van der Waals surface area contributed by atoms with Crippen molar-refractivity contribution in [2.45, 2.75) is 18.8 Å². The van der Waals surface area contributed by atoms with Crippen molar-refractivity contribution >= 4 is 11.9 Å². The van der Waals surface area contributed by atoms with Crippen LogP contribution in [0.3, 0.4) is 0 Å². The van der Waals surface area contributed by atoms with Crippen LogP contribution in [-0.2, 0) is 14.3 Å². The third-order valence-corrected chi connectivity index (χ3v) is 4.78. The van der Waals surface area contributed by atoms with Crippen LogP contribution in [0, 0.1) is 5.92 Å². The van der Waals surface area contributed by atoms with Crippen molar-refractivity contribution in [1.82, 2.24) is 4.90 Å². The molecule has 2 aromatic rings. The number of hydrogen-bond donors (Lipinski definition) is 0. The van der Waals surface area contributed by atoms with E-state index in [1.54, 1.807) is 0 Å². The summed E-state index contributed by atoms with van der Waals surface area (Å²) in [5.74, 6) is -0.756. The normalized spacial score (nSPS) is 17.4. The maximum absolute atomic E-state index is 13.3. The molecule has 2 aromatic carbocycles. The van der Waals surface area contributed by atoms with Crippen LogP contribution in [0.15, 0.2) is 60.7 Å². The molecule has 1 aliphatic rings. The number of ether oxygens (including phenoxy) is 1. The predicted molar refractivity (Wildman–Crippen MR) is 96.0 cm³/mol. The second-order valence-electron chi connectivity index (χ2n) is 6.40. The van der Waals surface area contributed by atoms with E-state index in [2.05, 4.69) is 0 Å². The monoisotopic (exact) mass is 337 g/mol. The number of esters is 1. The molecule has 3 rings (SSSR count). The fourth-order valence-corrected chi connectivity index (χ4v) is 3.49. The summed E-state index contributed by atoms with van der Waals surface area (Å²) < 4.78 is 4.87. The van der Waals surface area contributed by atoms with E-state index in [1.807, 2.05) is 65.6 Å². The van der Waals surface area contributed by atoms with Crippen LogP contribution in [0.5, 0.6) is 0 Å². The van der Waals surface area contributed by atoms with Crippen molar-refractivity contribution < 1.29 is 14.3 Å². The molecule has 25 heavy (non-hydrogen) atoms. The highest BCUT2D eigenvalue weighted by atomic mass is 16.5. The Morgan fingerprint density at radius 2 is 1.56 bits per heavy atom. The van der Waals surface area contributed by atoms with Crippen LogP contribution < -0.4 is 0 Å². The van der Waals surface area contributed by atoms with Crippen LogP contribution in [0.1, 0.15) is 29.9 Å². The van der Waals surface area contributed by atoms with Crippen LogP contribution >= 0.6 is 0 Å². The fraction of sp³-hybridized carbons (Fsp3) is 0.333. The molecule has 1 heterocycles. The number of methoxy groups -OCH3 is 1. The lowest BCUT2D eigenvalue weighted by molar-refractivity contribution is -0.149. The summed E-state index contributed by atoms with van der Waals surface area (Å²) in [6.45, 7) is 1.12. The highest BCUT2D eigenvalue weighted by Crippen LogP contribution is 2.29. The summed E-state index contributed by atoms with van der Waals surface area (Å²) in [6, 6.07) is 19.6. The second-order valence-corrected chi connectivity index (χ2v) is 6.40. The van der Waals surface area contributed by atoms with E-state index in [0.717, 1.165) is 24.0 Å². The molecule has 1 unspecified atom stereocenters. The average Bonchev–Trinajstić information content (AvgIpc) is 2.69. The molecule has 0 spiro atoms. The number of amides is 1. The molecule has 1 aliphatic heterocycles. The molecule has 0 aliphatic carbocycles. The Bertz CT molecular complexity index is 675. The maximum atomic E-state index is 13.3. The molecule has 1 atom stereocenters. The zero-order valence-electron chi connectivity index (χ0n) is 14.4. The smallest absolute Gasteiger partial charge is 0.310 e. The van der Waals surface area contributed by atoms with Crippen LogP contribution in [0.2, 0.25) is 0 Å². The summed E-state index contributed by atoms with van der Waals surface area (Å²) in [7, 11) is 1.40. The molecule has 4 nitrogen and oxygen atoms in total. The van der Waals surface area contributed by atoms with E-state index < -0.39 is 0 Å². The van der Waals surface area contributed by atoms with Gasteiger partial charge in [-0.25, -0.2) is 0 Å². The second kappa shape index (κ2) is 7.97. The topological polar surface area (TPSA) is 46.6 Å². The number of nitrogens with zero attached hydrogens (tertiary/aromatic N) is 1. The Kier molecular flexibility index (Phi) is 5.49. The quantitative estimate of drug-likeness (QED) is 0.805. The maximum Gasteiger partial charge on any atom is 0.310 e. The summed E-state index contributed by atoms with van der Waals surface area (Å²) in [5.41, 5.74) is 1.94. The minimum atomic E-state index is -0.348. The number of benzene rings is 2. The lowest BCUT2D eigenvalue weighted by atomic mass is 9.88. The van der Waals surface area contributed by atoms with Gasteiger partial charge in [0.2, 0.25) is 5.91 Å². The molecule has 0 radical (unpaired) electrons.